The minimum Gasteiger partial charge on any atom is -0.473 e. The molecule has 0 aliphatic carbocycles. The van der Waals surface area contributed by atoms with Crippen molar-refractivity contribution in [3.63, 3.8) is 0 Å². The molecule has 0 saturated carbocycles. The van der Waals surface area contributed by atoms with Crippen LogP contribution in [-0.2, 0) is 11.2 Å². The number of aromatic nitrogens is 4. The molecule has 12 heteroatoms. The van der Waals surface area contributed by atoms with Gasteiger partial charge in [-0.2, -0.15) is 0 Å². The molecule has 1 atom stereocenters. The maximum Gasteiger partial charge on any atom is 0.316 e. The first-order valence-corrected chi connectivity index (χ1v) is 12.5. The van der Waals surface area contributed by atoms with Gasteiger partial charge in [-0.05, 0) is 52.5 Å². The highest BCUT2D eigenvalue weighted by molar-refractivity contribution is 9.10. The molecule has 0 spiro atoms. The Morgan fingerprint density at radius 3 is 2.50 bits per heavy atom. The van der Waals surface area contributed by atoms with Crippen molar-refractivity contribution in [2.75, 3.05) is 24.5 Å². The van der Waals surface area contributed by atoms with Crippen molar-refractivity contribution in [2.45, 2.75) is 20.3 Å². The third-order valence-electron chi connectivity index (χ3n) is 4.09. The minimum atomic E-state index is -1.51. The third kappa shape index (κ3) is 6.92. The zero-order chi connectivity index (χ0) is 22.9. The molecular weight excluding hydrogens is 564 g/mol. The molecule has 1 aromatic carbocycles. The maximum absolute atomic E-state index is 12.4. The molecule has 170 valence electrons. The van der Waals surface area contributed by atoms with Crippen LogP contribution in [0.3, 0.4) is 0 Å². The number of aryl methyl sites for hydroxylation is 1. The number of anilines is 1. The first-order chi connectivity index (χ1) is 15.5. The highest BCUT2D eigenvalue weighted by Crippen LogP contribution is 2.37. The summed E-state index contributed by atoms with van der Waals surface area (Å²) >= 11 is 5.26. The second kappa shape index (κ2) is 12.2. The Kier molecular flexibility index (Phi) is 9.33. The molecule has 1 unspecified atom stereocenters. The van der Waals surface area contributed by atoms with Crippen molar-refractivity contribution < 1.29 is 13.7 Å². The summed E-state index contributed by atoms with van der Waals surface area (Å²) in [6.45, 7) is 5.00. The van der Waals surface area contributed by atoms with E-state index in [2.05, 4.69) is 61.2 Å². The van der Waals surface area contributed by atoms with Crippen LogP contribution in [0, 0.1) is 6.92 Å². The summed E-state index contributed by atoms with van der Waals surface area (Å²) in [6.07, 6.45) is 5.43. The molecule has 9 nitrogen and oxygen atoms in total. The van der Waals surface area contributed by atoms with Gasteiger partial charge in [0.1, 0.15) is 19.5 Å². The van der Waals surface area contributed by atoms with Gasteiger partial charge in [-0.3, -0.25) is 4.72 Å². The normalized spacial score (nSPS) is 11.8. The molecule has 0 fully saturated rings. The molecule has 0 aliphatic rings. The molecule has 3 rings (SSSR count). The largest absolute Gasteiger partial charge is 0.473 e. The van der Waals surface area contributed by atoms with E-state index in [0.717, 1.165) is 26.5 Å². The van der Waals surface area contributed by atoms with E-state index in [1.807, 2.05) is 32.0 Å². The van der Waals surface area contributed by atoms with Gasteiger partial charge >= 0.3 is 6.01 Å². The number of halogens is 2. The fraction of sp³-hybridized carbons (Fsp3) is 0.300. The maximum atomic E-state index is 12.4. The van der Waals surface area contributed by atoms with E-state index in [-0.39, 0.29) is 19.2 Å². The zero-order valence-corrected chi connectivity index (χ0v) is 21.5. The van der Waals surface area contributed by atoms with Crippen molar-refractivity contribution in [1.29, 1.82) is 0 Å². The summed E-state index contributed by atoms with van der Waals surface area (Å²) in [5.41, 5.74) is 2.45. The van der Waals surface area contributed by atoms with E-state index >= 15 is 0 Å². The van der Waals surface area contributed by atoms with E-state index in [1.54, 1.807) is 12.4 Å². The Labute approximate surface area is 205 Å². The Bertz CT molecular complexity index is 1070. The molecule has 32 heavy (non-hydrogen) atoms. The second-order valence-electron chi connectivity index (χ2n) is 6.51. The van der Waals surface area contributed by atoms with Crippen molar-refractivity contribution in [1.82, 2.24) is 24.7 Å². The average molecular weight is 586 g/mol. The molecular formula is C20H22Br2N6O3S. The molecule has 2 heterocycles. The van der Waals surface area contributed by atoms with Gasteiger partial charge < -0.3 is 9.47 Å². The molecule has 0 saturated heterocycles. The molecule has 0 amide bonds. The molecule has 2 aromatic heterocycles. The predicted octanol–water partition coefficient (Wildman–Crippen LogP) is 4.22. The van der Waals surface area contributed by atoms with Crippen LogP contribution in [0.15, 0.2) is 45.9 Å². The van der Waals surface area contributed by atoms with Gasteiger partial charge in [-0.1, -0.05) is 28.9 Å². The fourth-order valence-corrected chi connectivity index (χ4v) is 4.14. The first kappa shape index (κ1) is 24.5. The molecule has 3 aromatic rings. The number of nitrogens with zero attached hydrogens (tertiary/aromatic N) is 4. The van der Waals surface area contributed by atoms with Crippen LogP contribution in [0.1, 0.15) is 18.9 Å². The summed E-state index contributed by atoms with van der Waals surface area (Å²) in [7, 11) is 0. The SMILES string of the molecule is CCCNS(=O)Nc1ncnc(OCCOc2ncc(Br)cn2)c1-c1ccc(Br)cc1C. The Morgan fingerprint density at radius 2 is 1.78 bits per heavy atom. The van der Waals surface area contributed by atoms with Crippen LogP contribution in [0.2, 0.25) is 0 Å². The quantitative estimate of drug-likeness (QED) is 0.324. The number of ether oxygens (including phenoxy) is 2. The van der Waals surface area contributed by atoms with Crippen LogP contribution in [-0.4, -0.2) is 43.9 Å². The van der Waals surface area contributed by atoms with Crippen molar-refractivity contribution in [3.8, 4) is 23.0 Å². The third-order valence-corrected chi connectivity index (χ3v) is 5.84. The summed E-state index contributed by atoms with van der Waals surface area (Å²) in [4.78, 5) is 16.7. The monoisotopic (exact) mass is 584 g/mol. The molecule has 0 bridgehead atoms. The number of hydrogen-bond donors (Lipinski definition) is 2. The van der Waals surface area contributed by atoms with Gasteiger partial charge in [0.05, 0.1) is 10.0 Å². The Morgan fingerprint density at radius 1 is 1.03 bits per heavy atom. The lowest BCUT2D eigenvalue weighted by Gasteiger charge is -2.16. The number of benzene rings is 1. The molecule has 0 aliphatic heterocycles. The van der Waals surface area contributed by atoms with E-state index in [4.69, 9.17) is 9.47 Å². The Balaban J connectivity index is 1.81. The van der Waals surface area contributed by atoms with Gasteiger partial charge in [0.2, 0.25) is 5.88 Å². The number of hydrogen-bond acceptors (Lipinski definition) is 7. The Hall–Kier alpha value is -2.15. The summed E-state index contributed by atoms with van der Waals surface area (Å²) < 4.78 is 31.3. The van der Waals surface area contributed by atoms with Gasteiger partial charge in [-0.15, -0.1) is 0 Å². The topological polar surface area (TPSA) is 111 Å². The zero-order valence-electron chi connectivity index (χ0n) is 17.5. The van der Waals surface area contributed by atoms with Crippen molar-refractivity contribution in [2.24, 2.45) is 0 Å². The van der Waals surface area contributed by atoms with Crippen LogP contribution in [0.25, 0.3) is 11.1 Å². The molecule has 2 N–H and O–H groups in total. The van der Waals surface area contributed by atoms with Crippen molar-refractivity contribution >= 4 is 48.8 Å². The predicted molar refractivity (Wildman–Crippen MR) is 131 cm³/mol. The lowest BCUT2D eigenvalue weighted by atomic mass is 10.0. The highest BCUT2D eigenvalue weighted by atomic mass is 79.9. The number of nitrogens with one attached hydrogen (secondary N) is 2. The van der Waals surface area contributed by atoms with E-state index in [1.165, 1.54) is 6.33 Å². The average Bonchev–Trinajstić information content (AvgIpc) is 2.77. The van der Waals surface area contributed by atoms with Crippen LogP contribution >= 0.6 is 31.9 Å². The van der Waals surface area contributed by atoms with Gasteiger partial charge in [-0.25, -0.2) is 28.9 Å². The summed E-state index contributed by atoms with van der Waals surface area (Å²) in [6, 6.07) is 6.09. The fourth-order valence-electron chi connectivity index (χ4n) is 2.67. The smallest absolute Gasteiger partial charge is 0.316 e. The minimum absolute atomic E-state index is 0.204. The van der Waals surface area contributed by atoms with Crippen LogP contribution in [0.4, 0.5) is 5.82 Å². The molecule has 0 radical (unpaired) electrons. The van der Waals surface area contributed by atoms with Gasteiger partial charge in [0, 0.05) is 23.4 Å². The van der Waals surface area contributed by atoms with E-state index in [0.29, 0.717) is 23.8 Å². The lowest BCUT2D eigenvalue weighted by molar-refractivity contribution is 0.202. The van der Waals surface area contributed by atoms with Crippen LogP contribution in [0.5, 0.6) is 11.9 Å². The lowest BCUT2D eigenvalue weighted by Crippen LogP contribution is -2.25. The van der Waals surface area contributed by atoms with Gasteiger partial charge in [0.15, 0.2) is 17.0 Å². The summed E-state index contributed by atoms with van der Waals surface area (Å²) in [5, 5.41) is 0. The summed E-state index contributed by atoms with van der Waals surface area (Å²) in [5.74, 6) is 0.750. The van der Waals surface area contributed by atoms with Crippen LogP contribution < -0.4 is 18.9 Å². The first-order valence-electron chi connectivity index (χ1n) is 9.74. The van der Waals surface area contributed by atoms with E-state index < -0.39 is 11.2 Å². The van der Waals surface area contributed by atoms with Crippen molar-refractivity contribution in [3.05, 3.63) is 51.4 Å². The standard InChI is InChI=1S/C20H22Br2N6O3S/c1-3-6-27-32(29)28-18-17(16-5-4-14(21)9-13(16)2)19(26-12-25-18)30-7-8-31-20-23-10-15(22)11-24-20/h4-5,9-12,27H,3,6-8H2,1-2H3,(H,25,26,28). The van der Waals surface area contributed by atoms with E-state index in [9.17, 15) is 4.21 Å². The number of rotatable bonds is 11. The second-order valence-corrected chi connectivity index (χ2v) is 9.37. The van der Waals surface area contributed by atoms with Gasteiger partial charge in [0.25, 0.3) is 0 Å². The highest BCUT2D eigenvalue weighted by Gasteiger charge is 2.19.